The third-order valence-electron chi connectivity index (χ3n) is 6.85. The standard InChI is InChI=1S/C26H26N4O4.CH5N/c1-4-29(23-13-24(31)17-6-5-15(34-3)11-18(17)14(23)2)25(32)21-12-19-16-9-10-30(26(27)33)22(16)8-7-20(19)28-21;1-2/h5-8,11-14,28H,4,9-10H2,1-3H3,(H2,27,33);2H2,1H3. The Kier molecular flexibility index (Phi) is 6.85. The molecule has 1 atom stereocenters. The first-order valence-electron chi connectivity index (χ1n) is 11.9. The highest BCUT2D eigenvalue weighted by molar-refractivity contribution is 6.09. The molecule has 2 aromatic carbocycles. The molecule has 5 rings (SSSR count). The van der Waals surface area contributed by atoms with Crippen molar-refractivity contribution in [1.82, 2.24) is 9.88 Å². The van der Waals surface area contributed by atoms with Crippen molar-refractivity contribution in [2.24, 2.45) is 11.5 Å². The van der Waals surface area contributed by atoms with Crippen LogP contribution in [0.25, 0.3) is 10.9 Å². The summed E-state index contributed by atoms with van der Waals surface area (Å²) in [4.78, 5) is 44.7. The first-order chi connectivity index (χ1) is 17.3. The van der Waals surface area contributed by atoms with Crippen LogP contribution in [0.4, 0.5) is 10.5 Å². The monoisotopic (exact) mass is 489 g/mol. The minimum atomic E-state index is -0.484. The minimum absolute atomic E-state index is 0.127. The van der Waals surface area contributed by atoms with Gasteiger partial charge in [-0.15, -0.1) is 0 Å². The zero-order valence-electron chi connectivity index (χ0n) is 20.9. The van der Waals surface area contributed by atoms with E-state index in [0.29, 0.717) is 42.2 Å². The molecule has 0 saturated heterocycles. The second kappa shape index (κ2) is 9.87. The van der Waals surface area contributed by atoms with Crippen molar-refractivity contribution in [3.63, 3.8) is 0 Å². The molecule has 1 aliphatic carbocycles. The Hall–Kier alpha value is -4.11. The summed E-state index contributed by atoms with van der Waals surface area (Å²) < 4.78 is 5.35. The van der Waals surface area contributed by atoms with Crippen LogP contribution in [0.3, 0.4) is 0 Å². The summed E-state index contributed by atoms with van der Waals surface area (Å²) in [5, 5.41) is 0.900. The van der Waals surface area contributed by atoms with Crippen molar-refractivity contribution in [1.29, 1.82) is 0 Å². The van der Waals surface area contributed by atoms with Crippen molar-refractivity contribution in [2.75, 3.05) is 32.1 Å². The van der Waals surface area contributed by atoms with Gasteiger partial charge >= 0.3 is 6.03 Å². The Morgan fingerprint density at radius 1 is 1.19 bits per heavy atom. The number of nitrogens with one attached hydrogen (secondary N) is 1. The maximum Gasteiger partial charge on any atom is 0.319 e. The van der Waals surface area contributed by atoms with Gasteiger partial charge in [-0.25, -0.2) is 4.79 Å². The number of H-pyrrole nitrogens is 1. The average molecular weight is 490 g/mol. The summed E-state index contributed by atoms with van der Waals surface area (Å²) in [6.07, 6.45) is 2.24. The predicted molar refractivity (Wildman–Crippen MR) is 140 cm³/mol. The van der Waals surface area contributed by atoms with Crippen molar-refractivity contribution >= 4 is 34.3 Å². The number of anilines is 1. The number of hydrogen-bond acceptors (Lipinski definition) is 5. The van der Waals surface area contributed by atoms with Crippen LogP contribution < -0.4 is 21.1 Å². The number of likely N-dealkylation sites (N-methyl/N-ethyl adjacent to an activating group) is 1. The average Bonchev–Trinajstić information content (AvgIpc) is 3.52. The number of allylic oxidation sites excluding steroid dienone is 2. The third-order valence-corrected chi connectivity index (χ3v) is 6.85. The molecule has 1 aromatic heterocycles. The van der Waals surface area contributed by atoms with E-state index in [1.807, 2.05) is 38.1 Å². The van der Waals surface area contributed by atoms with Crippen molar-refractivity contribution in [2.45, 2.75) is 26.2 Å². The summed E-state index contributed by atoms with van der Waals surface area (Å²) in [7, 11) is 3.09. The Morgan fingerprint density at radius 3 is 2.61 bits per heavy atom. The molecule has 0 spiro atoms. The van der Waals surface area contributed by atoms with Crippen LogP contribution in [0.15, 0.2) is 48.2 Å². The van der Waals surface area contributed by atoms with Gasteiger partial charge in [0.05, 0.1) is 7.11 Å². The second-order valence-electron chi connectivity index (χ2n) is 8.61. The quantitative estimate of drug-likeness (QED) is 0.515. The number of carbonyl (C=O) groups is 3. The summed E-state index contributed by atoms with van der Waals surface area (Å²) in [5.74, 6) is 0.167. The van der Waals surface area contributed by atoms with Gasteiger partial charge in [-0.2, -0.15) is 0 Å². The Labute approximate surface area is 209 Å². The first kappa shape index (κ1) is 25.0. The highest BCUT2D eigenvalue weighted by Crippen LogP contribution is 2.38. The van der Waals surface area contributed by atoms with E-state index >= 15 is 0 Å². The van der Waals surface area contributed by atoms with E-state index in [0.717, 1.165) is 27.7 Å². The van der Waals surface area contributed by atoms with Crippen LogP contribution in [0.2, 0.25) is 0 Å². The molecule has 0 radical (unpaired) electrons. The topological polar surface area (TPSA) is 135 Å². The van der Waals surface area contributed by atoms with E-state index in [2.05, 4.69) is 10.7 Å². The number of aromatic amines is 1. The molecule has 0 saturated carbocycles. The number of ketones is 1. The fourth-order valence-corrected chi connectivity index (χ4v) is 5.10. The zero-order chi connectivity index (χ0) is 26.1. The van der Waals surface area contributed by atoms with E-state index < -0.39 is 6.03 Å². The van der Waals surface area contributed by atoms with E-state index in [1.165, 1.54) is 7.05 Å². The number of carbonyl (C=O) groups excluding carboxylic acids is 3. The Bertz CT molecular complexity index is 1390. The van der Waals surface area contributed by atoms with Crippen molar-refractivity contribution in [3.05, 3.63) is 70.6 Å². The number of ether oxygens (including phenoxy) is 1. The molecule has 36 heavy (non-hydrogen) atoms. The number of nitrogens with two attached hydrogens (primary N) is 2. The van der Waals surface area contributed by atoms with Gasteiger partial charge in [-0.1, -0.05) is 6.92 Å². The molecule has 3 aromatic rings. The van der Waals surface area contributed by atoms with Crippen LogP contribution in [-0.4, -0.2) is 54.9 Å². The molecule has 3 amide bonds. The molecule has 9 nitrogen and oxygen atoms in total. The van der Waals surface area contributed by atoms with Gasteiger partial charge in [0.1, 0.15) is 11.4 Å². The fraction of sp³-hybridized carbons (Fsp3) is 0.296. The van der Waals surface area contributed by atoms with Gasteiger partial charge in [0.15, 0.2) is 5.78 Å². The second-order valence-corrected chi connectivity index (χ2v) is 8.61. The Morgan fingerprint density at radius 2 is 1.94 bits per heavy atom. The molecular weight excluding hydrogens is 458 g/mol. The highest BCUT2D eigenvalue weighted by atomic mass is 16.5. The minimum Gasteiger partial charge on any atom is -0.497 e. The SMILES string of the molecule is CCN(C(=O)c1cc2c3c(ccc2[nH]1)N(C(N)=O)CC3)C1=CC(=O)c2ccc(OC)cc2C1C.CN. The number of hydrogen-bond donors (Lipinski definition) is 3. The maximum atomic E-state index is 13.6. The number of nitrogens with zero attached hydrogens (tertiary/aromatic N) is 2. The van der Waals surface area contributed by atoms with E-state index in [9.17, 15) is 14.4 Å². The Balaban J connectivity index is 0.00000148. The number of primary amides is 1. The number of amides is 3. The molecule has 2 aliphatic rings. The smallest absolute Gasteiger partial charge is 0.319 e. The largest absolute Gasteiger partial charge is 0.497 e. The maximum absolute atomic E-state index is 13.6. The fourth-order valence-electron chi connectivity index (χ4n) is 5.10. The lowest BCUT2D eigenvalue weighted by Gasteiger charge is -2.31. The summed E-state index contributed by atoms with van der Waals surface area (Å²) >= 11 is 0. The molecule has 0 bridgehead atoms. The normalized spacial score (nSPS) is 16.0. The van der Waals surface area contributed by atoms with Crippen LogP contribution in [0.5, 0.6) is 5.75 Å². The highest BCUT2D eigenvalue weighted by Gasteiger charge is 2.32. The summed E-state index contributed by atoms with van der Waals surface area (Å²) in [6, 6.07) is 10.5. The molecule has 1 unspecified atom stereocenters. The third kappa shape index (κ3) is 4.01. The molecule has 1 aliphatic heterocycles. The van der Waals surface area contributed by atoms with E-state index in [4.69, 9.17) is 10.5 Å². The van der Waals surface area contributed by atoms with E-state index in [1.54, 1.807) is 35.1 Å². The van der Waals surface area contributed by atoms with Crippen LogP contribution in [0.1, 0.15) is 51.7 Å². The lowest BCUT2D eigenvalue weighted by Crippen LogP contribution is -2.34. The van der Waals surface area contributed by atoms with Gasteiger partial charge in [-0.3, -0.25) is 14.5 Å². The van der Waals surface area contributed by atoms with Crippen molar-refractivity contribution in [3.8, 4) is 5.75 Å². The lowest BCUT2D eigenvalue weighted by molar-refractivity contribution is 0.0798. The summed E-state index contributed by atoms with van der Waals surface area (Å²) in [5.41, 5.74) is 15.2. The molecule has 5 N–H and O–H groups in total. The number of aromatic nitrogens is 1. The van der Waals surface area contributed by atoms with Gasteiger partial charge in [0.2, 0.25) is 0 Å². The molecule has 188 valence electrons. The predicted octanol–water partition coefficient (Wildman–Crippen LogP) is 3.54. The lowest BCUT2D eigenvalue weighted by atomic mass is 9.85. The number of urea groups is 1. The van der Waals surface area contributed by atoms with Crippen LogP contribution in [0, 0.1) is 0 Å². The number of benzene rings is 2. The van der Waals surface area contributed by atoms with Crippen molar-refractivity contribution < 1.29 is 19.1 Å². The molecule has 2 heterocycles. The number of methoxy groups -OCH3 is 1. The first-order valence-corrected chi connectivity index (χ1v) is 11.9. The van der Waals surface area contributed by atoms with Gasteiger partial charge in [0, 0.05) is 52.9 Å². The number of rotatable bonds is 4. The van der Waals surface area contributed by atoms with Crippen LogP contribution in [-0.2, 0) is 6.42 Å². The van der Waals surface area contributed by atoms with Gasteiger partial charge in [0.25, 0.3) is 5.91 Å². The zero-order valence-corrected chi connectivity index (χ0v) is 20.9. The van der Waals surface area contributed by atoms with E-state index in [-0.39, 0.29) is 17.6 Å². The molecule has 9 heteroatoms. The van der Waals surface area contributed by atoms with Gasteiger partial charge < -0.3 is 26.1 Å². The number of fused-ring (bicyclic) bond motifs is 4. The van der Waals surface area contributed by atoms with Gasteiger partial charge in [-0.05, 0) is 67.9 Å². The molecular formula is C27H31N5O4. The molecule has 0 fully saturated rings. The van der Waals surface area contributed by atoms with Crippen LogP contribution >= 0.6 is 0 Å². The summed E-state index contributed by atoms with van der Waals surface area (Å²) in [6.45, 7) is 4.81.